The molecule has 1 aliphatic heterocycles. The molecule has 14 heteroatoms. The molecule has 5 rings (SSSR count). The highest BCUT2D eigenvalue weighted by atomic mass is 19.4. The summed E-state index contributed by atoms with van der Waals surface area (Å²) in [5.74, 6) is -3.46. The van der Waals surface area contributed by atoms with Crippen LogP contribution >= 0.6 is 0 Å². The second-order valence-corrected chi connectivity index (χ2v) is 12.0. The number of carbonyl (C=O) groups is 2. The molecule has 0 bridgehead atoms. The third kappa shape index (κ3) is 6.37. The number of nitrogens with one attached hydrogen (secondary N) is 2. The zero-order valence-electron chi connectivity index (χ0n) is 25.6. The lowest BCUT2D eigenvalue weighted by Crippen LogP contribution is -2.59. The number of aliphatic imine (C=N–C) groups is 1. The van der Waals surface area contributed by atoms with Crippen LogP contribution in [0.2, 0.25) is 0 Å². The molecule has 242 valence electrons. The Morgan fingerprint density at radius 3 is 2.41 bits per heavy atom. The van der Waals surface area contributed by atoms with Crippen LogP contribution in [0.25, 0.3) is 16.7 Å². The number of nitrogens with zero attached hydrogens (tertiary/aromatic N) is 4. The van der Waals surface area contributed by atoms with Gasteiger partial charge in [0.05, 0.1) is 28.7 Å². The van der Waals surface area contributed by atoms with Gasteiger partial charge in [-0.3, -0.25) is 14.3 Å². The van der Waals surface area contributed by atoms with E-state index in [1.807, 2.05) is 0 Å². The number of aromatic nitrogens is 2. The van der Waals surface area contributed by atoms with Crippen LogP contribution in [0.1, 0.15) is 50.8 Å². The predicted molar refractivity (Wildman–Crippen MR) is 161 cm³/mol. The average Bonchev–Trinajstić information content (AvgIpc) is 3.31. The summed E-state index contributed by atoms with van der Waals surface area (Å²) in [5, 5.41) is 5.89. The van der Waals surface area contributed by atoms with Gasteiger partial charge in [0.25, 0.3) is 0 Å². The van der Waals surface area contributed by atoms with E-state index in [1.165, 1.54) is 32.2 Å². The van der Waals surface area contributed by atoms with Gasteiger partial charge in [0, 0.05) is 19.2 Å². The molecule has 0 aliphatic carbocycles. The highest BCUT2D eigenvalue weighted by Gasteiger charge is 2.42. The number of anilines is 1. The third-order valence-electron chi connectivity index (χ3n) is 7.33. The number of guanidine groups is 1. The molecule has 3 aromatic carbocycles. The van der Waals surface area contributed by atoms with Gasteiger partial charge in [0.1, 0.15) is 17.0 Å². The van der Waals surface area contributed by atoms with Crippen LogP contribution in [0.15, 0.2) is 65.7 Å². The molecule has 1 atom stereocenters. The Bertz CT molecular complexity index is 1850. The fourth-order valence-corrected chi connectivity index (χ4v) is 5.21. The van der Waals surface area contributed by atoms with E-state index in [4.69, 9.17) is 4.74 Å². The molecule has 0 unspecified atom stereocenters. The molecular weight excluding hydrogens is 611 g/mol. The summed E-state index contributed by atoms with van der Waals surface area (Å²) in [4.78, 5) is 34.8. The molecule has 0 radical (unpaired) electrons. The Labute approximate surface area is 261 Å². The highest BCUT2D eigenvalue weighted by molar-refractivity contribution is 6.03. The first-order chi connectivity index (χ1) is 21.5. The van der Waals surface area contributed by atoms with Crippen LogP contribution in [0.5, 0.6) is 0 Å². The van der Waals surface area contributed by atoms with E-state index in [1.54, 1.807) is 51.1 Å². The molecule has 4 aromatic rings. The number of hydrogen-bond acceptors (Lipinski definition) is 5. The second-order valence-electron chi connectivity index (χ2n) is 12.0. The highest BCUT2D eigenvalue weighted by Crippen LogP contribution is 2.41. The lowest BCUT2D eigenvalue weighted by atomic mass is 9.86. The molecule has 9 nitrogen and oxygen atoms in total. The van der Waals surface area contributed by atoms with Gasteiger partial charge in [-0.2, -0.15) is 13.2 Å². The van der Waals surface area contributed by atoms with Crippen molar-refractivity contribution in [1.29, 1.82) is 0 Å². The fraction of sp³-hybridized carbons (Fsp3) is 0.312. The fourth-order valence-electron chi connectivity index (χ4n) is 5.21. The number of benzene rings is 3. The first kappa shape index (κ1) is 32.4. The topological polar surface area (TPSA) is 101 Å². The summed E-state index contributed by atoms with van der Waals surface area (Å²) in [6.45, 7) is 6.51. The van der Waals surface area contributed by atoms with E-state index in [9.17, 15) is 27.2 Å². The number of hydrogen-bond donors (Lipinski definition) is 2. The van der Waals surface area contributed by atoms with Gasteiger partial charge in [-0.05, 0) is 51.5 Å². The van der Waals surface area contributed by atoms with Crippen molar-refractivity contribution in [3.63, 3.8) is 0 Å². The predicted octanol–water partition coefficient (Wildman–Crippen LogP) is 6.89. The molecule has 1 aliphatic rings. The lowest BCUT2D eigenvalue weighted by molar-refractivity contribution is -0.138. The van der Waals surface area contributed by atoms with Crippen molar-refractivity contribution < 1.29 is 36.3 Å². The Hall–Kier alpha value is -5.01. The normalized spacial score (nSPS) is 18.2. The van der Waals surface area contributed by atoms with Crippen molar-refractivity contribution in [3.8, 4) is 5.69 Å². The van der Waals surface area contributed by atoms with Crippen LogP contribution in [0.3, 0.4) is 0 Å². The minimum Gasteiger partial charge on any atom is -0.442 e. The molecule has 46 heavy (non-hydrogen) atoms. The Morgan fingerprint density at radius 2 is 1.76 bits per heavy atom. The number of fused-ring (bicyclic) bond motifs is 1. The number of alkyl halides is 3. The van der Waals surface area contributed by atoms with Gasteiger partial charge < -0.3 is 15.4 Å². The average molecular weight is 643 g/mol. The largest absolute Gasteiger partial charge is 0.442 e. The quantitative estimate of drug-likeness (QED) is 0.230. The molecule has 0 spiro atoms. The minimum absolute atomic E-state index is 0.111. The van der Waals surface area contributed by atoms with Gasteiger partial charge >= 0.3 is 12.3 Å². The molecule has 0 saturated carbocycles. The van der Waals surface area contributed by atoms with Crippen molar-refractivity contribution in [3.05, 3.63) is 89.0 Å². The van der Waals surface area contributed by atoms with Gasteiger partial charge in [-0.25, -0.2) is 18.6 Å². The number of halogens is 5. The van der Waals surface area contributed by atoms with Crippen molar-refractivity contribution in [2.45, 2.75) is 58.0 Å². The first-order valence-corrected chi connectivity index (χ1v) is 14.2. The standard InChI is InChI=1S/C32H31F5N6O3/c1-30(2,3)46-29(45)40-28-41-31(4,16-23(44)42(28)5)19-12-9-13-22(25(19)34)43-26-21(15-14-20(33)24(26)32(35,36)37)39-27(43)38-17-18-10-7-6-8-11-18/h6-15H,16-17H2,1-5H3,(H,38,39)(H,40,41,45)/t31-/m0/s1. The number of imidazole rings is 1. The minimum atomic E-state index is -5.15. The summed E-state index contributed by atoms with van der Waals surface area (Å²) >= 11 is 0. The first-order valence-electron chi connectivity index (χ1n) is 14.2. The van der Waals surface area contributed by atoms with Crippen molar-refractivity contribution in [2.24, 2.45) is 4.99 Å². The van der Waals surface area contributed by atoms with Gasteiger partial charge in [-0.15, -0.1) is 4.99 Å². The maximum Gasteiger partial charge on any atom is 0.437 e. The summed E-state index contributed by atoms with van der Waals surface area (Å²) in [5.41, 5.74) is -4.66. The zero-order chi connectivity index (χ0) is 33.6. The van der Waals surface area contributed by atoms with Crippen LogP contribution < -0.4 is 10.6 Å². The summed E-state index contributed by atoms with van der Waals surface area (Å²) < 4.78 is 80.6. The zero-order valence-corrected chi connectivity index (χ0v) is 25.6. The molecule has 1 fully saturated rings. The van der Waals surface area contributed by atoms with E-state index in [-0.39, 0.29) is 41.6 Å². The van der Waals surface area contributed by atoms with Crippen LogP contribution in [-0.2, 0) is 27.8 Å². The van der Waals surface area contributed by atoms with E-state index >= 15 is 4.39 Å². The number of ether oxygens (including phenoxy) is 1. The van der Waals surface area contributed by atoms with Crippen molar-refractivity contribution in [2.75, 3.05) is 12.4 Å². The van der Waals surface area contributed by atoms with E-state index in [2.05, 4.69) is 20.6 Å². The van der Waals surface area contributed by atoms with E-state index < -0.39 is 52.0 Å². The Kier molecular flexibility index (Phi) is 8.26. The van der Waals surface area contributed by atoms with Crippen molar-refractivity contribution >= 4 is 34.9 Å². The van der Waals surface area contributed by atoms with E-state index in [0.29, 0.717) is 6.07 Å². The molecule has 2 N–H and O–H groups in total. The third-order valence-corrected chi connectivity index (χ3v) is 7.33. The van der Waals surface area contributed by atoms with E-state index in [0.717, 1.165) is 21.1 Å². The molecule has 1 saturated heterocycles. The Balaban J connectivity index is 1.67. The maximum absolute atomic E-state index is 16.8. The van der Waals surface area contributed by atoms with Crippen molar-refractivity contribution in [1.82, 2.24) is 19.8 Å². The molecule has 2 heterocycles. The molecule has 1 aromatic heterocycles. The lowest BCUT2D eigenvalue weighted by Gasteiger charge is -2.40. The maximum atomic E-state index is 16.8. The SMILES string of the molecule is CN1C(=O)C[C@@](C)(c2cccc(-n3c(NCc4ccccc4)nc4ccc(F)c(C(F)(F)F)c43)c2F)N/C1=N/C(=O)OC(C)(C)C. The van der Waals surface area contributed by atoms with Gasteiger partial charge in [0.15, 0.2) is 5.82 Å². The summed E-state index contributed by atoms with van der Waals surface area (Å²) in [7, 11) is 1.38. The number of carbonyl (C=O) groups excluding carboxylic acids is 2. The van der Waals surface area contributed by atoms with Gasteiger partial charge in [0.2, 0.25) is 17.8 Å². The molecular formula is C32H31F5N6O3. The van der Waals surface area contributed by atoms with Crippen LogP contribution in [0.4, 0.5) is 32.7 Å². The van der Waals surface area contributed by atoms with Crippen LogP contribution in [-0.4, -0.2) is 45.1 Å². The monoisotopic (exact) mass is 642 g/mol. The number of amides is 2. The summed E-state index contributed by atoms with van der Waals surface area (Å²) in [6, 6.07) is 14.6. The smallest absolute Gasteiger partial charge is 0.437 e. The summed E-state index contributed by atoms with van der Waals surface area (Å²) in [6.07, 6.45) is -6.44. The Morgan fingerprint density at radius 1 is 1.07 bits per heavy atom. The van der Waals surface area contributed by atoms with Crippen LogP contribution in [0, 0.1) is 11.6 Å². The van der Waals surface area contributed by atoms with Gasteiger partial charge in [-0.1, -0.05) is 42.5 Å². The molecule has 2 amide bonds. The number of rotatable bonds is 5. The second kappa shape index (κ2) is 11.7.